The van der Waals surface area contributed by atoms with E-state index in [1.54, 1.807) is 28.1 Å². The van der Waals surface area contributed by atoms with Gasteiger partial charge in [-0.25, -0.2) is 9.97 Å². The summed E-state index contributed by atoms with van der Waals surface area (Å²) in [6.45, 7) is 5.27. The van der Waals surface area contributed by atoms with Crippen LogP contribution in [0.15, 0.2) is 142 Å². The molecule has 4 aromatic heterocycles. The Kier molecular flexibility index (Phi) is 15.3. The van der Waals surface area contributed by atoms with Crippen LogP contribution in [0.25, 0.3) is 44.2 Å². The van der Waals surface area contributed by atoms with E-state index >= 15 is 0 Å². The first-order chi connectivity index (χ1) is 35.8. The second-order valence-electron chi connectivity index (χ2n) is 18.2. The Bertz CT molecular complexity index is 3270. The lowest BCUT2D eigenvalue weighted by Crippen LogP contribution is -2.45. The van der Waals surface area contributed by atoms with Crippen LogP contribution in [0.5, 0.6) is 11.5 Å². The zero-order valence-corrected chi connectivity index (χ0v) is 41.4. The van der Waals surface area contributed by atoms with Crippen LogP contribution in [0.2, 0.25) is 0 Å². The third-order valence-electron chi connectivity index (χ3n) is 13.4. The Labute approximate surface area is 426 Å². The second-order valence-corrected chi connectivity index (χ2v) is 19.2. The van der Waals surface area contributed by atoms with Gasteiger partial charge in [0.1, 0.15) is 35.5 Å². The first kappa shape index (κ1) is 49.0. The average Bonchev–Trinajstić information content (AvgIpc) is 4.10. The maximum atomic E-state index is 14.6. The lowest BCUT2D eigenvalue weighted by atomic mass is 10.1. The fourth-order valence-corrected chi connectivity index (χ4v) is 10.7. The highest BCUT2D eigenvalue weighted by Crippen LogP contribution is 2.38. The molecule has 374 valence electrons. The van der Waals surface area contributed by atoms with Crippen LogP contribution in [0, 0.1) is 0 Å². The summed E-state index contributed by atoms with van der Waals surface area (Å²) in [6.07, 6.45) is 8.17. The molecule has 3 amide bonds. The van der Waals surface area contributed by atoms with Gasteiger partial charge in [0, 0.05) is 70.1 Å². The maximum absolute atomic E-state index is 14.6. The van der Waals surface area contributed by atoms with Gasteiger partial charge < -0.3 is 33.7 Å². The number of carbonyl (C=O) groups is 3. The standard InChI is InChI=1S/C56H56N8O8S/c1-2-63-54(67)46-30-38-12-6-7-13-39(38)31-47(46)61-56(63)73-52(37-10-4-3-5-11-37)55(68)64-25-9-15-42(64)34-59-50(65)20-21-51(66)62-26-22-43(23-27-62)69-28-29-70-45-17-16-41(58-35-45)36-71-44-18-19-49-48(32-44)60-53(72-49)40-14-8-24-57-33-40/h3-8,10-14,16-19,24,30-33,35,42-43,52H,2,9,15,20-23,25-29,34,36H2,1H3,(H,59,65)/t42-,52?/m1/s1. The molecule has 2 aliphatic heterocycles. The normalized spacial score (nSPS) is 15.5. The third kappa shape index (κ3) is 11.7. The van der Waals surface area contributed by atoms with E-state index in [-0.39, 0.29) is 61.4 Å². The highest BCUT2D eigenvalue weighted by atomic mass is 32.2. The van der Waals surface area contributed by atoms with E-state index in [9.17, 15) is 19.2 Å². The molecule has 73 heavy (non-hydrogen) atoms. The van der Waals surface area contributed by atoms with Gasteiger partial charge in [-0.3, -0.25) is 33.7 Å². The zero-order chi connectivity index (χ0) is 50.1. The smallest absolute Gasteiger partial charge is 0.262 e. The molecule has 1 N–H and O–H groups in total. The minimum atomic E-state index is -0.668. The molecule has 10 rings (SSSR count). The number of aromatic nitrogens is 5. The van der Waals surface area contributed by atoms with Crippen LogP contribution in [0.1, 0.15) is 62.0 Å². The van der Waals surface area contributed by atoms with Crippen molar-refractivity contribution in [3.63, 3.8) is 0 Å². The number of benzene rings is 4. The van der Waals surface area contributed by atoms with Crippen LogP contribution in [0.3, 0.4) is 0 Å². The van der Waals surface area contributed by atoms with Gasteiger partial charge in [-0.1, -0.05) is 66.4 Å². The van der Waals surface area contributed by atoms with Gasteiger partial charge in [0.2, 0.25) is 23.6 Å². The van der Waals surface area contributed by atoms with Crippen LogP contribution < -0.4 is 20.3 Å². The number of rotatable bonds is 19. The van der Waals surface area contributed by atoms with E-state index in [4.69, 9.17) is 23.6 Å². The van der Waals surface area contributed by atoms with Gasteiger partial charge in [-0.15, -0.1) is 0 Å². The number of hydrogen-bond acceptors (Lipinski definition) is 13. The molecule has 0 saturated carbocycles. The number of carbonyl (C=O) groups excluding carboxylic acids is 3. The molecule has 2 saturated heterocycles. The monoisotopic (exact) mass is 1000 g/mol. The van der Waals surface area contributed by atoms with Gasteiger partial charge in [0.15, 0.2) is 10.7 Å². The fourth-order valence-electron chi connectivity index (χ4n) is 9.43. The number of thioether (sulfide) groups is 1. The van der Waals surface area contributed by atoms with Crippen LogP contribution in [0.4, 0.5) is 0 Å². The molecule has 0 spiro atoms. The minimum Gasteiger partial charge on any atom is -0.490 e. The summed E-state index contributed by atoms with van der Waals surface area (Å²) >= 11 is 1.29. The molecule has 0 aliphatic carbocycles. The zero-order valence-electron chi connectivity index (χ0n) is 40.6. The lowest BCUT2D eigenvalue weighted by molar-refractivity contribution is -0.136. The number of fused-ring (bicyclic) bond motifs is 3. The maximum Gasteiger partial charge on any atom is 0.262 e. The molecular weight excluding hydrogens is 945 g/mol. The SMILES string of the molecule is CCn1c(SC(C(=O)N2CCC[C@@H]2CNC(=O)CCC(=O)N2CCC(OCCOc3ccc(COc4ccc5oc(-c6cccnc6)nc5c4)nc3)CC2)c2ccccc2)nc2cc3ccccc3cc2c1=O. The fraction of sp³-hybridized carbons (Fsp3) is 0.321. The number of piperidine rings is 1. The summed E-state index contributed by atoms with van der Waals surface area (Å²) in [5.74, 6) is 1.39. The van der Waals surface area contributed by atoms with E-state index in [0.717, 1.165) is 40.4 Å². The Balaban J connectivity index is 0.640. The molecule has 17 heteroatoms. The highest BCUT2D eigenvalue weighted by molar-refractivity contribution is 8.00. The second kappa shape index (κ2) is 22.8. The number of pyridine rings is 2. The predicted octanol–water partition coefficient (Wildman–Crippen LogP) is 8.55. The first-order valence-corrected chi connectivity index (χ1v) is 25.8. The molecule has 16 nitrogen and oxygen atoms in total. The van der Waals surface area contributed by atoms with E-state index in [1.807, 2.05) is 121 Å². The Hall–Kier alpha value is -7.63. The predicted molar refractivity (Wildman–Crippen MR) is 278 cm³/mol. The van der Waals surface area contributed by atoms with Crippen molar-refractivity contribution < 1.29 is 33.0 Å². The summed E-state index contributed by atoms with van der Waals surface area (Å²) in [7, 11) is 0. The average molecular weight is 1000 g/mol. The first-order valence-electron chi connectivity index (χ1n) is 24.9. The van der Waals surface area contributed by atoms with Crippen LogP contribution >= 0.6 is 11.8 Å². The minimum absolute atomic E-state index is 0.00477. The van der Waals surface area contributed by atoms with Crippen molar-refractivity contribution in [2.75, 3.05) is 39.4 Å². The number of nitrogens with zero attached hydrogens (tertiary/aromatic N) is 7. The Morgan fingerprint density at radius 1 is 0.808 bits per heavy atom. The highest BCUT2D eigenvalue weighted by Gasteiger charge is 2.36. The quantitative estimate of drug-likeness (QED) is 0.0352. The van der Waals surface area contributed by atoms with Crippen molar-refractivity contribution in [1.29, 1.82) is 0 Å². The summed E-state index contributed by atoms with van der Waals surface area (Å²) < 4.78 is 25.5. The number of likely N-dealkylation sites (tertiary alicyclic amines) is 2. The summed E-state index contributed by atoms with van der Waals surface area (Å²) in [5.41, 5.74) is 4.14. The Morgan fingerprint density at radius 3 is 2.40 bits per heavy atom. The molecule has 6 heterocycles. The largest absolute Gasteiger partial charge is 0.490 e. The third-order valence-corrected chi connectivity index (χ3v) is 14.6. The summed E-state index contributed by atoms with van der Waals surface area (Å²) in [5, 5.41) is 5.31. The van der Waals surface area contributed by atoms with Crippen molar-refractivity contribution in [2.24, 2.45) is 0 Å². The van der Waals surface area contributed by atoms with E-state index in [2.05, 4.69) is 20.3 Å². The van der Waals surface area contributed by atoms with Gasteiger partial charge in [-0.05, 0) is 97.5 Å². The van der Waals surface area contributed by atoms with Gasteiger partial charge in [0.25, 0.3) is 5.56 Å². The van der Waals surface area contributed by atoms with Crippen molar-refractivity contribution >= 4 is 62.3 Å². The molecule has 1 unspecified atom stereocenters. The number of ether oxygens (including phenoxy) is 3. The number of amides is 3. The molecule has 8 aromatic rings. The molecule has 4 aromatic carbocycles. The van der Waals surface area contributed by atoms with Crippen molar-refractivity contribution in [3.05, 3.63) is 149 Å². The van der Waals surface area contributed by atoms with Gasteiger partial charge in [-0.2, -0.15) is 0 Å². The van der Waals surface area contributed by atoms with Gasteiger partial charge >= 0.3 is 0 Å². The Morgan fingerprint density at radius 2 is 1.62 bits per heavy atom. The number of hydrogen-bond donors (Lipinski definition) is 1. The van der Waals surface area contributed by atoms with Crippen molar-refractivity contribution in [2.45, 2.75) is 81.2 Å². The molecule has 0 radical (unpaired) electrons. The van der Waals surface area contributed by atoms with Crippen LogP contribution in [-0.4, -0.2) is 104 Å². The number of oxazole rings is 1. The molecule has 2 atom stereocenters. The molecule has 0 bridgehead atoms. The topological polar surface area (TPSA) is 184 Å². The van der Waals surface area contributed by atoms with Crippen molar-refractivity contribution in [1.82, 2.24) is 39.6 Å². The summed E-state index contributed by atoms with van der Waals surface area (Å²) in [6, 6.07) is 34.0. The molecular formula is C56H56N8O8S. The number of nitrogens with one attached hydrogen (secondary N) is 1. The van der Waals surface area contributed by atoms with Gasteiger partial charge in [0.05, 0.1) is 41.1 Å². The van der Waals surface area contributed by atoms with Crippen molar-refractivity contribution in [3.8, 4) is 23.0 Å². The van der Waals surface area contributed by atoms with Crippen LogP contribution in [-0.2, 0) is 32.3 Å². The summed E-state index contributed by atoms with van der Waals surface area (Å²) in [4.78, 5) is 76.6. The van der Waals surface area contributed by atoms with E-state index < -0.39 is 5.25 Å². The van der Waals surface area contributed by atoms with E-state index in [1.165, 1.54) is 11.8 Å². The molecule has 2 fully saturated rings. The lowest BCUT2D eigenvalue weighted by Gasteiger charge is -2.32. The van der Waals surface area contributed by atoms with E-state index in [0.29, 0.717) is 96.8 Å². The molecule has 2 aliphatic rings.